The number of aromatic hydroxyl groups is 1. The van der Waals surface area contributed by atoms with Gasteiger partial charge in [0, 0.05) is 10.5 Å². The first kappa shape index (κ1) is 14.7. The number of ether oxygens (including phenoxy) is 1. The van der Waals surface area contributed by atoms with Crippen molar-refractivity contribution >= 4 is 39.1 Å². The first-order valence-corrected chi connectivity index (χ1v) is 6.82. The molecule has 2 aromatic rings. The van der Waals surface area contributed by atoms with Gasteiger partial charge in [0.25, 0.3) is 5.91 Å². The van der Waals surface area contributed by atoms with Crippen molar-refractivity contribution in [1.29, 1.82) is 0 Å². The van der Waals surface area contributed by atoms with Crippen LogP contribution < -0.4 is 10.1 Å². The van der Waals surface area contributed by atoms with Crippen LogP contribution in [0.3, 0.4) is 0 Å². The zero-order chi connectivity index (χ0) is 14.7. The van der Waals surface area contributed by atoms with Crippen LogP contribution in [-0.2, 0) is 0 Å². The quantitative estimate of drug-likeness (QED) is 0.871. The Hall–Kier alpha value is -1.72. The molecule has 0 heterocycles. The van der Waals surface area contributed by atoms with Gasteiger partial charge in [-0.15, -0.1) is 0 Å². The molecule has 4 nitrogen and oxygen atoms in total. The summed E-state index contributed by atoms with van der Waals surface area (Å²) in [7, 11) is 1.52. The molecular formula is C14H11BrClNO3. The van der Waals surface area contributed by atoms with Crippen molar-refractivity contribution < 1.29 is 14.6 Å². The predicted molar refractivity (Wildman–Crippen MR) is 81.8 cm³/mol. The average Bonchev–Trinajstić information content (AvgIpc) is 2.41. The fourth-order valence-corrected chi connectivity index (χ4v) is 2.13. The van der Waals surface area contributed by atoms with Crippen LogP contribution >= 0.6 is 27.5 Å². The summed E-state index contributed by atoms with van der Waals surface area (Å²) in [6.45, 7) is 0. The molecule has 0 radical (unpaired) electrons. The summed E-state index contributed by atoms with van der Waals surface area (Å²) in [4.78, 5) is 12.1. The molecule has 2 N–H and O–H groups in total. The highest BCUT2D eigenvalue weighted by Gasteiger charge is 2.13. The number of halogens is 2. The minimum atomic E-state index is -0.454. The Balaban J connectivity index is 2.27. The topological polar surface area (TPSA) is 58.6 Å². The molecule has 0 aromatic heterocycles. The molecule has 0 saturated carbocycles. The SMILES string of the molecule is COc1ccc(Cl)c(NC(=O)c2ccc(Br)cc2O)c1. The Morgan fingerprint density at radius 2 is 2.05 bits per heavy atom. The minimum absolute atomic E-state index is 0.115. The van der Waals surface area contributed by atoms with E-state index in [0.717, 1.165) is 0 Å². The summed E-state index contributed by atoms with van der Waals surface area (Å²) < 4.78 is 5.76. The second kappa shape index (κ2) is 6.15. The smallest absolute Gasteiger partial charge is 0.259 e. The Bertz CT molecular complexity index is 661. The van der Waals surface area contributed by atoms with Crippen LogP contribution in [0.2, 0.25) is 5.02 Å². The first-order chi connectivity index (χ1) is 9.51. The molecule has 0 unspecified atom stereocenters. The minimum Gasteiger partial charge on any atom is -0.507 e. The van der Waals surface area contributed by atoms with Gasteiger partial charge in [0.15, 0.2) is 0 Å². The molecule has 20 heavy (non-hydrogen) atoms. The highest BCUT2D eigenvalue weighted by atomic mass is 79.9. The highest BCUT2D eigenvalue weighted by molar-refractivity contribution is 9.10. The number of methoxy groups -OCH3 is 1. The van der Waals surface area contributed by atoms with Gasteiger partial charge in [-0.3, -0.25) is 4.79 Å². The zero-order valence-electron chi connectivity index (χ0n) is 10.5. The molecule has 0 saturated heterocycles. The lowest BCUT2D eigenvalue weighted by Gasteiger charge is -2.10. The number of nitrogens with one attached hydrogen (secondary N) is 1. The van der Waals surface area contributed by atoms with Gasteiger partial charge in [-0.05, 0) is 30.3 Å². The van der Waals surface area contributed by atoms with E-state index in [4.69, 9.17) is 16.3 Å². The second-order valence-corrected chi connectivity index (χ2v) is 5.28. The molecule has 0 fully saturated rings. The Morgan fingerprint density at radius 1 is 1.30 bits per heavy atom. The third kappa shape index (κ3) is 3.23. The average molecular weight is 357 g/mol. The summed E-state index contributed by atoms with van der Waals surface area (Å²) in [5.41, 5.74) is 0.574. The van der Waals surface area contributed by atoms with Gasteiger partial charge in [-0.2, -0.15) is 0 Å². The Labute approximate surface area is 129 Å². The third-order valence-electron chi connectivity index (χ3n) is 2.63. The fraction of sp³-hybridized carbons (Fsp3) is 0.0714. The van der Waals surface area contributed by atoms with Crippen LogP contribution in [0, 0.1) is 0 Å². The van der Waals surface area contributed by atoms with Crippen LogP contribution in [0.5, 0.6) is 11.5 Å². The summed E-state index contributed by atoms with van der Waals surface area (Å²) in [5.74, 6) is 0.00535. The van der Waals surface area contributed by atoms with Crippen LogP contribution in [0.1, 0.15) is 10.4 Å². The van der Waals surface area contributed by atoms with E-state index in [1.165, 1.54) is 19.2 Å². The molecule has 104 valence electrons. The lowest BCUT2D eigenvalue weighted by atomic mass is 10.2. The number of phenolic OH excluding ortho intramolecular Hbond substituents is 1. The molecule has 2 aromatic carbocycles. The molecule has 0 bridgehead atoms. The molecule has 2 rings (SSSR count). The molecule has 0 aliphatic heterocycles. The van der Waals surface area contributed by atoms with Crippen molar-refractivity contribution in [3.8, 4) is 11.5 Å². The number of rotatable bonds is 3. The largest absolute Gasteiger partial charge is 0.507 e. The summed E-state index contributed by atoms with van der Waals surface area (Å²) in [5, 5.41) is 12.8. The third-order valence-corrected chi connectivity index (χ3v) is 3.45. The van der Waals surface area contributed by atoms with Crippen LogP contribution in [0.15, 0.2) is 40.9 Å². The van der Waals surface area contributed by atoms with Crippen molar-refractivity contribution in [2.75, 3.05) is 12.4 Å². The molecule has 0 aliphatic carbocycles. The van der Waals surface area contributed by atoms with Crippen molar-refractivity contribution in [1.82, 2.24) is 0 Å². The number of hydrogen-bond donors (Lipinski definition) is 2. The first-order valence-electron chi connectivity index (χ1n) is 5.64. The maximum atomic E-state index is 12.1. The lowest BCUT2D eigenvalue weighted by molar-refractivity contribution is 0.102. The number of amides is 1. The Kier molecular flexibility index (Phi) is 4.52. The molecule has 0 aliphatic rings. The van der Waals surface area contributed by atoms with E-state index in [-0.39, 0.29) is 11.3 Å². The standard InChI is InChI=1S/C14H11BrClNO3/c1-20-9-3-5-11(16)12(7-9)17-14(19)10-4-2-8(15)6-13(10)18/h2-7,18H,1H3,(H,17,19). The summed E-state index contributed by atoms with van der Waals surface area (Å²) >= 11 is 9.22. The molecule has 0 atom stereocenters. The van der Waals surface area contributed by atoms with E-state index in [1.807, 2.05) is 0 Å². The van der Waals surface area contributed by atoms with Crippen molar-refractivity contribution in [2.24, 2.45) is 0 Å². The molecule has 1 amide bonds. The van der Waals surface area contributed by atoms with Gasteiger partial charge in [0.05, 0.1) is 23.4 Å². The van der Waals surface area contributed by atoms with Gasteiger partial charge in [-0.25, -0.2) is 0 Å². The van der Waals surface area contributed by atoms with Gasteiger partial charge in [0.1, 0.15) is 11.5 Å². The lowest BCUT2D eigenvalue weighted by Crippen LogP contribution is -2.12. The van der Waals surface area contributed by atoms with Crippen LogP contribution in [0.25, 0.3) is 0 Å². The Morgan fingerprint density at radius 3 is 2.70 bits per heavy atom. The number of anilines is 1. The van der Waals surface area contributed by atoms with E-state index in [9.17, 15) is 9.90 Å². The van der Waals surface area contributed by atoms with Gasteiger partial charge in [0.2, 0.25) is 0 Å². The van der Waals surface area contributed by atoms with Gasteiger partial charge >= 0.3 is 0 Å². The predicted octanol–water partition coefficient (Wildman–Crippen LogP) is 4.07. The van der Waals surface area contributed by atoms with Crippen molar-refractivity contribution in [2.45, 2.75) is 0 Å². The van der Waals surface area contributed by atoms with Crippen molar-refractivity contribution in [3.63, 3.8) is 0 Å². The van der Waals surface area contributed by atoms with E-state index in [2.05, 4.69) is 21.2 Å². The van der Waals surface area contributed by atoms with Crippen molar-refractivity contribution in [3.05, 3.63) is 51.5 Å². The van der Waals surface area contributed by atoms with Gasteiger partial charge in [-0.1, -0.05) is 27.5 Å². The van der Waals surface area contributed by atoms with Crippen LogP contribution in [-0.4, -0.2) is 18.1 Å². The monoisotopic (exact) mass is 355 g/mol. The molecule has 6 heteroatoms. The highest BCUT2D eigenvalue weighted by Crippen LogP contribution is 2.28. The number of hydrogen-bond acceptors (Lipinski definition) is 3. The maximum Gasteiger partial charge on any atom is 0.259 e. The normalized spacial score (nSPS) is 10.2. The number of benzene rings is 2. The number of phenols is 1. The maximum absolute atomic E-state index is 12.1. The van der Waals surface area contributed by atoms with Gasteiger partial charge < -0.3 is 15.2 Å². The molecular weight excluding hydrogens is 346 g/mol. The number of carbonyl (C=O) groups is 1. The van der Waals surface area contributed by atoms with E-state index < -0.39 is 5.91 Å². The van der Waals surface area contributed by atoms with E-state index >= 15 is 0 Å². The van der Waals surface area contributed by atoms with E-state index in [1.54, 1.807) is 24.3 Å². The fourth-order valence-electron chi connectivity index (χ4n) is 1.61. The summed E-state index contributed by atoms with van der Waals surface area (Å²) in [6, 6.07) is 9.55. The number of carbonyl (C=O) groups excluding carboxylic acids is 1. The zero-order valence-corrected chi connectivity index (χ0v) is 12.8. The van der Waals surface area contributed by atoms with Crippen LogP contribution in [0.4, 0.5) is 5.69 Å². The van der Waals surface area contributed by atoms with E-state index in [0.29, 0.717) is 20.9 Å². The summed E-state index contributed by atoms with van der Waals surface area (Å²) in [6.07, 6.45) is 0. The molecule has 0 spiro atoms. The second-order valence-electron chi connectivity index (χ2n) is 3.96.